The molecule has 0 heterocycles. The first-order valence-electron chi connectivity index (χ1n) is 1.56. The molecular formula is C3H8NP. The quantitative estimate of drug-likeness (QED) is 0.339. The van der Waals surface area contributed by atoms with E-state index in [1.165, 1.54) is 0 Å². The molecule has 0 aliphatic rings. The molecule has 0 saturated carbocycles. The Labute approximate surface area is 34.3 Å². The zero-order chi connectivity index (χ0) is 4.12. The van der Waals surface area contributed by atoms with Crippen LogP contribution in [0.5, 0.6) is 0 Å². The lowest BCUT2D eigenvalue weighted by Gasteiger charge is -1.68. The summed E-state index contributed by atoms with van der Waals surface area (Å²) in [6.45, 7) is 3.97. The van der Waals surface area contributed by atoms with Gasteiger partial charge >= 0.3 is 0 Å². The third kappa shape index (κ3) is 4.10. The number of rotatable bonds is 1. The summed E-state index contributed by atoms with van der Waals surface area (Å²) in [7, 11) is 0.727. The highest BCUT2D eigenvalue weighted by atomic mass is 31.1. The highest BCUT2D eigenvalue weighted by Crippen LogP contribution is 1.98. The van der Waals surface area contributed by atoms with Crippen LogP contribution in [0.1, 0.15) is 6.92 Å². The third-order valence-corrected chi connectivity index (χ3v) is 0.775. The Morgan fingerprint density at radius 1 is 1.80 bits per heavy atom. The van der Waals surface area contributed by atoms with Gasteiger partial charge in [-0.05, 0) is 28.5 Å². The molecule has 0 aliphatic heterocycles. The van der Waals surface area contributed by atoms with Gasteiger partial charge in [-0.1, -0.05) is 0 Å². The second-order valence-electron chi connectivity index (χ2n) is 0.611. The first kappa shape index (κ1) is 5.10. The van der Waals surface area contributed by atoms with E-state index in [-0.39, 0.29) is 0 Å². The van der Waals surface area contributed by atoms with Gasteiger partial charge < -0.3 is 0 Å². The molecule has 0 rings (SSSR count). The molecule has 0 aromatic rings. The van der Waals surface area contributed by atoms with Crippen LogP contribution < -0.4 is 0 Å². The third-order valence-electron chi connectivity index (χ3n) is 0.258. The average Bonchev–Trinajstić information content (AvgIpc) is 1.41. The Bertz CT molecular complexity index is 33.9. The SMILES string of the molecule is CC=NPC. The van der Waals surface area contributed by atoms with E-state index in [0.29, 0.717) is 0 Å². The minimum Gasteiger partial charge on any atom is -0.278 e. The van der Waals surface area contributed by atoms with Crippen LogP contribution in [0.15, 0.2) is 4.76 Å². The molecule has 0 aromatic carbocycles. The fraction of sp³-hybridized carbons (Fsp3) is 0.667. The number of hydrogen-bond donors (Lipinski definition) is 0. The molecule has 0 bridgehead atoms. The Balaban J connectivity index is 2.62. The molecular weight excluding hydrogens is 81.0 g/mol. The van der Waals surface area contributed by atoms with E-state index < -0.39 is 0 Å². The highest BCUT2D eigenvalue weighted by Gasteiger charge is 1.50. The van der Waals surface area contributed by atoms with Gasteiger partial charge in [-0.2, -0.15) is 0 Å². The Morgan fingerprint density at radius 2 is 2.40 bits per heavy atom. The van der Waals surface area contributed by atoms with Crippen molar-refractivity contribution in [1.82, 2.24) is 0 Å². The van der Waals surface area contributed by atoms with Crippen molar-refractivity contribution in [3.63, 3.8) is 0 Å². The van der Waals surface area contributed by atoms with Gasteiger partial charge in [0, 0.05) is 0 Å². The topological polar surface area (TPSA) is 12.4 Å². The van der Waals surface area contributed by atoms with Gasteiger partial charge in [-0.15, -0.1) is 0 Å². The summed E-state index contributed by atoms with van der Waals surface area (Å²) in [6, 6.07) is 0. The molecule has 1 unspecified atom stereocenters. The molecule has 1 atom stereocenters. The van der Waals surface area contributed by atoms with Crippen molar-refractivity contribution in [2.45, 2.75) is 6.92 Å². The fourth-order valence-corrected chi connectivity index (χ4v) is 0.387. The van der Waals surface area contributed by atoms with E-state index >= 15 is 0 Å². The normalized spacial score (nSPS) is 12.4. The second-order valence-corrected chi connectivity index (χ2v) is 1.32. The maximum absolute atomic E-state index is 3.88. The summed E-state index contributed by atoms with van der Waals surface area (Å²) in [6.07, 6.45) is 1.82. The summed E-state index contributed by atoms with van der Waals surface area (Å²) in [5.74, 6) is 0. The second kappa shape index (κ2) is 4.10. The summed E-state index contributed by atoms with van der Waals surface area (Å²) in [4.78, 5) is 0. The van der Waals surface area contributed by atoms with Crippen molar-refractivity contribution in [2.75, 3.05) is 6.66 Å². The van der Waals surface area contributed by atoms with Gasteiger partial charge in [0.1, 0.15) is 0 Å². The summed E-state index contributed by atoms with van der Waals surface area (Å²) < 4.78 is 3.88. The molecule has 0 aliphatic carbocycles. The zero-order valence-corrected chi connectivity index (χ0v) is 4.52. The van der Waals surface area contributed by atoms with Gasteiger partial charge in [0.2, 0.25) is 0 Å². The lowest BCUT2D eigenvalue weighted by Crippen LogP contribution is -1.44. The predicted octanol–water partition coefficient (Wildman–Crippen LogP) is 1.30. The Hall–Kier alpha value is 0.100. The van der Waals surface area contributed by atoms with Gasteiger partial charge in [0.15, 0.2) is 0 Å². The van der Waals surface area contributed by atoms with Crippen molar-refractivity contribution < 1.29 is 0 Å². The molecule has 0 fully saturated rings. The van der Waals surface area contributed by atoms with Gasteiger partial charge in [0.25, 0.3) is 0 Å². The van der Waals surface area contributed by atoms with E-state index in [9.17, 15) is 0 Å². The zero-order valence-electron chi connectivity index (χ0n) is 3.52. The highest BCUT2D eigenvalue weighted by molar-refractivity contribution is 7.35. The molecule has 0 saturated heterocycles. The largest absolute Gasteiger partial charge is 0.278 e. The molecule has 5 heavy (non-hydrogen) atoms. The van der Waals surface area contributed by atoms with E-state index in [0.717, 1.165) is 8.73 Å². The van der Waals surface area contributed by atoms with Crippen LogP contribution in [0.2, 0.25) is 0 Å². The summed E-state index contributed by atoms with van der Waals surface area (Å²) in [5.41, 5.74) is 0. The molecule has 1 nitrogen and oxygen atoms in total. The molecule has 0 N–H and O–H groups in total. The van der Waals surface area contributed by atoms with Crippen LogP contribution in [-0.2, 0) is 0 Å². The molecule has 0 radical (unpaired) electrons. The van der Waals surface area contributed by atoms with E-state index in [1.54, 1.807) is 0 Å². The Morgan fingerprint density at radius 3 is 2.40 bits per heavy atom. The van der Waals surface area contributed by atoms with Crippen molar-refractivity contribution in [3.05, 3.63) is 0 Å². The van der Waals surface area contributed by atoms with Crippen LogP contribution in [0.3, 0.4) is 0 Å². The van der Waals surface area contributed by atoms with Crippen LogP contribution in [0.4, 0.5) is 0 Å². The molecule has 0 amide bonds. The predicted molar refractivity (Wildman–Crippen MR) is 28.4 cm³/mol. The Kier molecular flexibility index (Phi) is 4.18. The maximum Gasteiger partial charge on any atom is -0.000354 e. The van der Waals surface area contributed by atoms with Crippen LogP contribution >= 0.6 is 8.73 Å². The van der Waals surface area contributed by atoms with Crippen molar-refractivity contribution >= 4 is 14.9 Å². The summed E-state index contributed by atoms with van der Waals surface area (Å²) >= 11 is 0. The fourth-order valence-electron chi connectivity index (χ4n) is 0.129. The molecule has 2 heteroatoms. The van der Waals surface area contributed by atoms with Crippen LogP contribution in [0, 0.1) is 0 Å². The average molecular weight is 89.1 g/mol. The first-order chi connectivity index (χ1) is 2.41. The molecule has 0 aromatic heterocycles. The van der Waals surface area contributed by atoms with Gasteiger partial charge in [-0.25, -0.2) is 0 Å². The van der Waals surface area contributed by atoms with E-state index in [1.807, 2.05) is 19.8 Å². The van der Waals surface area contributed by atoms with Crippen LogP contribution in [0.25, 0.3) is 0 Å². The van der Waals surface area contributed by atoms with Gasteiger partial charge in [0.05, 0.1) is 0 Å². The minimum atomic E-state index is 0.727. The summed E-state index contributed by atoms with van der Waals surface area (Å²) in [5, 5.41) is 0. The number of hydrogen-bond acceptors (Lipinski definition) is 1. The molecule has 0 spiro atoms. The molecule has 30 valence electrons. The lowest BCUT2D eigenvalue weighted by atomic mass is 10.9. The monoisotopic (exact) mass is 89.0 g/mol. The lowest BCUT2D eigenvalue weighted by molar-refractivity contribution is 1.86. The first-order valence-corrected chi connectivity index (χ1v) is 3.01. The van der Waals surface area contributed by atoms with Crippen molar-refractivity contribution in [2.24, 2.45) is 4.76 Å². The van der Waals surface area contributed by atoms with Crippen LogP contribution in [-0.4, -0.2) is 12.9 Å². The maximum atomic E-state index is 3.88. The van der Waals surface area contributed by atoms with E-state index in [4.69, 9.17) is 0 Å². The smallest absolute Gasteiger partial charge is 0.000354 e. The van der Waals surface area contributed by atoms with Gasteiger partial charge in [-0.3, -0.25) is 4.76 Å². The minimum absolute atomic E-state index is 0.727. The number of nitrogens with zero attached hydrogens (tertiary/aromatic N) is 1. The van der Waals surface area contributed by atoms with Crippen molar-refractivity contribution in [1.29, 1.82) is 0 Å². The standard InChI is InChI=1S/C3H8NP/c1-3-4-5-2/h3,5H,1-2H3. The van der Waals surface area contributed by atoms with E-state index in [2.05, 4.69) is 4.76 Å². The van der Waals surface area contributed by atoms with Crippen molar-refractivity contribution in [3.8, 4) is 0 Å².